The third kappa shape index (κ3) is 6.04. The van der Waals surface area contributed by atoms with Crippen LogP contribution in [0.1, 0.15) is 55.7 Å². The Morgan fingerprint density at radius 1 is 1.14 bits per heavy atom. The Labute approximate surface area is 210 Å². The number of amides is 2. The number of carbonyl (C=O) groups is 2. The van der Waals surface area contributed by atoms with Gasteiger partial charge in [-0.1, -0.05) is 24.3 Å². The molecular weight excluding hydrogens is 454 g/mol. The van der Waals surface area contributed by atoms with Crippen LogP contribution < -0.4 is 10.6 Å². The molecule has 186 valence electrons. The van der Waals surface area contributed by atoms with Gasteiger partial charge in [0, 0.05) is 35.9 Å². The summed E-state index contributed by atoms with van der Waals surface area (Å²) in [5, 5.41) is 12.9. The van der Waals surface area contributed by atoms with Crippen LogP contribution in [-0.4, -0.2) is 56.5 Å². The number of likely N-dealkylation sites (tertiary alicyclic amines) is 1. The van der Waals surface area contributed by atoms with Crippen LogP contribution in [-0.2, 0) is 9.59 Å². The lowest BCUT2D eigenvalue weighted by atomic mass is 9.97. The zero-order valence-corrected chi connectivity index (χ0v) is 20.4. The van der Waals surface area contributed by atoms with Crippen molar-refractivity contribution in [1.29, 1.82) is 0 Å². The van der Waals surface area contributed by atoms with Crippen LogP contribution in [0.15, 0.2) is 54.9 Å². The molecule has 3 aromatic rings. The fraction of sp³-hybridized carbons (Fsp3) is 0.370. The lowest BCUT2D eigenvalue weighted by Crippen LogP contribution is -2.19. The summed E-state index contributed by atoms with van der Waals surface area (Å²) in [5.41, 5.74) is 3.36. The average molecular weight is 486 g/mol. The maximum atomic E-state index is 12.9. The van der Waals surface area contributed by atoms with E-state index in [0.717, 1.165) is 36.5 Å². The van der Waals surface area contributed by atoms with E-state index in [0.29, 0.717) is 23.2 Å². The second-order valence-electron chi connectivity index (χ2n) is 9.51. The number of hydrogen-bond donors (Lipinski definition) is 3. The summed E-state index contributed by atoms with van der Waals surface area (Å²) in [6.07, 6.45) is 11.4. The summed E-state index contributed by atoms with van der Waals surface area (Å²) < 4.78 is 0. The Balaban J connectivity index is 1.21. The Kier molecular flexibility index (Phi) is 7.18. The molecule has 2 amide bonds. The van der Waals surface area contributed by atoms with Gasteiger partial charge in [0.1, 0.15) is 0 Å². The van der Waals surface area contributed by atoms with Crippen LogP contribution in [0.3, 0.4) is 0 Å². The van der Waals surface area contributed by atoms with Crippen molar-refractivity contribution < 1.29 is 9.59 Å². The van der Waals surface area contributed by atoms with Crippen LogP contribution >= 0.6 is 0 Å². The van der Waals surface area contributed by atoms with E-state index >= 15 is 0 Å². The van der Waals surface area contributed by atoms with Crippen molar-refractivity contribution in [2.24, 2.45) is 0 Å². The quantitative estimate of drug-likeness (QED) is 0.394. The second-order valence-corrected chi connectivity index (χ2v) is 9.51. The van der Waals surface area contributed by atoms with Gasteiger partial charge in [0.15, 0.2) is 11.6 Å². The fourth-order valence-corrected chi connectivity index (χ4v) is 4.36. The van der Waals surface area contributed by atoms with Crippen molar-refractivity contribution >= 4 is 23.5 Å². The van der Waals surface area contributed by atoms with Crippen molar-refractivity contribution in [3.63, 3.8) is 0 Å². The number of H-pyrrole nitrogens is 1. The Hall–Kier alpha value is -3.85. The molecule has 1 aromatic carbocycles. The van der Waals surface area contributed by atoms with Crippen LogP contribution in [0.5, 0.6) is 0 Å². The van der Waals surface area contributed by atoms with Gasteiger partial charge in [0.25, 0.3) is 0 Å². The van der Waals surface area contributed by atoms with Crippen LogP contribution in [0.4, 0.5) is 11.6 Å². The molecule has 1 atom stereocenters. The SMILES string of the molecule is CC(C(=O)Nc1cc(C2CC2)[nH]n1)c1cccc(-c2cncc(NC(=O)/C=C/CN3CCCC3)n2)c1. The first-order chi connectivity index (χ1) is 17.5. The predicted molar refractivity (Wildman–Crippen MR) is 139 cm³/mol. The first kappa shape index (κ1) is 23.9. The summed E-state index contributed by atoms with van der Waals surface area (Å²) >= 11 is 0. The van der Waals surface area contributed by atoms with E-state index < -0.39 is 0 Å². The number of carbonyl (C=O) groups excluding carboxylic acids is 2. The molecule has 1 aliphatic heterocycles. The monoisotopic (exact) mass is 485 g/mol. The Morgan fingerprint density at radius 3 is 2.78 bits per heavy atom. The molecule has 3 N–H and O–H groups in total. The number of anilines is 2. The largest absolute Gasteiger partial charge is 0.309 e. The number of aromatic amines is 1. The van der Waals surface area contributed by atoms with E-state index in [2.05, 4.69) is 35.7 Å². The highest BCUT2D eigenvalue weighted by atomic mass is 16.2. The summed E-state index contributed by atoms with van der Waals surface area (Å²) in [7, 11) is 0. The van der Waals surface area contributed by atoms with Gasteiger partial charge in [-0.3, -0.25) is 24.6 Å². The zero-order chi connectivity index (χ0) is 24.9. The van der Waals surface area contributed by atoms with Gasteiger partial charge >= 0.3 is 0 Å². The molecule has 2 aromatic heterocycles. The molecule has 0 spiro atoms. The molecule has 9 heteroatoms. The van der Waals surface area contributed by atoms with Gasteiger partial charge in [-0.05, 0) is 57.3 Å². The molecule has 0 bridgehead atoms. The highest BCUT2D eigenvalue weighted by molar-refractivity contribution is 5.98. The van der Waals surface area contributed by atoms with Crippen molar-refractivity contribution in [2.75, 3.05) is 30.3 Å². The smallest absolute Gasteiger partial charge is 0.249 e. The maximum absolute atomic E-state index is 12.9. The molecule has 36 heavy (non-hydrogen) atoms. The van der Waals surface area contributed by atoms with Gasteiger partial charge in [-0.15, -0.1) is 0 Å². The molecule has 5 rings (SSSR count). The van der Waals surface area contributed by atoms with E-state index in [4.69, 9.17) is 0 Å². The first-order valence-electron chi connectivity index (χ1n) is 12.5. The first-order valence-corrected chi connectivity index (χ1v) is 12.5. The number of nitrogens with zero attached hydrogens (tertiary/aromatic N) is 4. The summed E-state index contributed by atoms with van der Waals surface area (Å²) in [5.74, 6) is 0.724. The van der Waals surface area contributed by atoms with Gasteiger partial charge in [-0.25, -0.2) is 4.98 Å². The molecule has 1 saturated heterocycles. The number of hydrogen-bond acceptors (Lipinski definition) is 6. The zero-order valence-electron chi connectivity index (χ0n) is 20.4. The minimum absolute atomic E-state index is 0.131. The molecule has 1 unspecified atom stereocenters. The normalized spacial score (nSPS) is 16.8. The lowest BCUT2D eigenvalue weighted by Gasteiger charge is -2.13. The molecule has 2 fully saturated rings. The fourth-order valence-electron chi connectivity index (χ4n) is 4.36. The average Bonchev–Trinajstić information content (AvgIpc) is 3.40. The standard InChI is InChI=1S/C27H31N7O2/c1-18(27(36)31-24-15-22(32-33-24)19-9-10-19)20-6-4-7-21(14-20)23-16-28-17-25(29-23)30-26(35)8-5-13-34-11-2-3-12-34/h4-8,14-19H,2-3,9-13H2,1H3,(H,29,30,35)(H2,31,32,33,36)/b8-5+. The minimum Gasteiger partial charge on any atom is -0.309 e. The van der Waals surface area contributed by atoms with Gasteiger partial charge in [0.05, 0.1) is 24.0 Å². The third-order valence-corrected chi connectivity index (χ3v) is 6.66. The van der Waals surface area contributed by atoms with Gasteiger partial charge in [-0.2, -0.15) is 5.10 Å². The van der Waals surface area contributed by atoms with E-state index in [1.807, 2.05) is 43.3 Å². The highest BCUT2D eigenvalue weighted by Gasteiger charge is 2.26. The van der Waals surface area contributed by atoms with Crippen molar-refractivity contribution in [2.45, 2.75) is 44.4 Å². The van der Waals surface area contributed by atoms with E-state index in [-0.39, 0.29) is 17.7 Å². The van der Waals surface area contributed by atoms with Crippen LogP contribution in [0.2, 0.25) is 0 Å². The topological polar surface area (TPSA) is 116 Å². The molecule has 2 aliphatic rings. The lowest BCUT2D eigenvalue weighted by molar-refractivity contribution is -0.117. The summed E-state index contributed by atoms with van der Waals surface area (Å²) in [4.78, 5) is 36.3. The predicted octanol–water partition coefficient (Wildman–Crippen LogP) is 4.08. The number of rotatable bonds is 9. The molecule has 9 nitrogen and oxygen atoms in total. The van der Waals surface area contributed by atoms with Crippen molar-refractivity contribution in [3.8, 4) is 11.3 Å². The number of benzene rings is 1. The molecule has 3 heterocycles. The Morgan fingerprint density at radius 2 is 1.97 bits per heavy atom. The maximum Gasteiger partial charge on any atom is 0.249 e. The van der Waals surface area contributed by atoms with E-state index in [1.54, 1.807) is 12.3 Å². The van der Waals surface area contributed by atoms with Crippen molar-refractivity contribution in [3.05, 3.63) is 66.1 Å². The number of nitrogens with one attached hydrogen (secondary N) is 3. The van der Waals surface area contributed by atoms with Crippen molar-refractivity contribution in [1.82, 2.24) is 25.1 Å². The van der Waals surface area contributed by atoms with Gasteiger partial charge in [0.2, 0.25) is 11.8 Å². The van der Waals surface area contributed by atoms with Gasteiger partial charge < -0.3 is 10.6 Å². The summed E-state index contributed by atoms with van der Waals surface area (Å²) in [6, 6.07) is 9.56. The number of aromatic nitrogens is 4. The molecule has 0 radical (unpaired) electrons. The molecule has 1 aliphatic carbocycles. The van der Waals surface area contributed by atoms with E-state index in [1.165, 1.54) is 31.9 Å². The summed E-state index contributed by atoms with van der Waals surface area (Å²) in [6.45, 7) is 4.81. The minimum atomic E-state index is -0.386. The second kappa shape index (κ2) is 10.8. The van der Waals surface area contributed by atoms with Crippen LogP contribution in [0.25, 0.3) is 11.3 Å². The molecular formula is C27H31N7O2. The highest BCUT2D eigenvalue weighted by Crippen LogP contribution is 2.39. The third-order valence-electron chi connectivity index (χ3n) is 6.66. The Bertz CT molecular complexity index is 1260. The van der Waals surface area contributed by atoms with Crippen LogP contribution in [0, 0.1) is 0 Å². The van der Waals surface area contributed by atoms with E-state index in [9.17, 15) is 9.59 Å². The molecule has 1 saturated carbocycles.